The molecule has 4 aromatic carbocycles. The van der Waals surface area contributed by atoms with Crippen molar-refractivity contribution >= 4 is 51.1 Å². The summed E-state index contributed by atoms with van der Waals surface area (Å²) in [7, 11) is 0. The molecule has 0 unspecified atom stereocenters. The fraction of sp³-hybridized carbons (Fsp3) is 0.186. The second kappa shape index (κ2) is 16.4. The van der Waals surface area contributed by atoms with Crippen LogP contribution in [0, 0.1) is 23.7 Å². The maximum atomic E-state index is 12.7. The van der Waals surface area contributed by atoms with Gasteiger partial charge in [-0.2, -0.15) is 26.3 Å². The Kier molecular flexibility index (Phi) is 11.9. The molecule has 2 heterocycles. The molecular weight excluding hydrogens is 750 g/mol. The van der Waals surface area contributed by atoms with Gasteiger partial charge in [0, 0.05) is 64.8 Å². The van der Waals surface area contributed by atoms with Crippen LogP contribution in [0.1, 0.15) is 68.0 Å². The fourth-order valence-electron chi connectivity index (χ4n) is 5.32. The Bertz CT molecular complexity index is 2590. The quantitative estimate of drug-likeness (QED) is 0.120. The van der Waals surface area contributed by atoms with Crippen molar-refractivity contribution < 1.29 is 45.5 Å². The number of H-pyrrole nitrogens is 1. The molecule has 0 saturated heterocycles. The van der Waals surface area contributed by atoms with E-state index in [4.69, 9.17) is 4.74 Å². The van der Waals surface area contributed by atoms with Crippen molar-refractivity contribution in [2.45, 2.75) is 52.6 Å². The summed E-state index contributed by atoms with van der Waals surface area (Å²) >= 11 is 0. The first-order chi connectivity index (χ1) is 26.7. The molecule has 0 atom stereocenters. The van der Waals surface area contributed by atoms with Crippen LogP contribution in [0.15, 0.2) is 97.3 Å². The Morgan fingerprint density at radius 3 is 1.53 bits per heavy atom. The number of hydrogen-bond donors (Lipinski definition) is 3. The van der Waals surface area contributed by atoms with Gasteiger partial charge in [0.25, 0.3) is 0 Å². The molecule has 6 aromatic rings. The van der Waals surface area contributed by atoms with E-state index >= 15 is 0 Å². The van der Waals surface area contributed by atoms with Crippen LogP contribution in [-0.2, 0) is 26.7 Å². The number of aromatic amines is 1. The van der Waals surface area contributed by atoms with Crippen LogP contribution in [0.5, 0.6) is 0 Å². The molecule has 0 spiro atoms. The number of nitrogens with zero attached hydrogens (tertiary/aromatic N) is 1. The number of rotatable bonds is 2. The highest BCUT2D eigenvalue weighted by Gasteiger charge is 2.30. The van der Waals surface area contributed by atoms with Gasteiger partial charge in [-0.25, -0.2) is 4.79 Å². The van der Waals surface area contributed by atoms with Gasteiger partial charge in [0.1, 0.15) is 5.60 Å². The molecule has 3 N–H and O–H groups in total. The summed E-state index contributed by atoms with van der Waals surface area (Å²) in [6, 6.07) is 19.7. The molecule has 0 saturated carbocycles. The number of ether oxygens (including phenoxy) is 1. The molecule has 2 amide bonds. The van der Waals surface area contributed by atoms with E-state index in [1.54, 1.807) is 51.2 Å². The summed E-state index contributed by atoms with van der Waals surface area (Å²) in [6.45, 7) is 8.03. The number of fused-ring (bicyclic) bond motifs is 2. The van der Waals surface area contributed by atoms with E-state index in [0.29, 0.717) is 44.5 Å². The lowest BCUT2D eigenvalue weighted by Gasteiger charge is -2.19. The predicted molar refractivity (Wildman–Crippen MR) is 205 cm³/mol. The maximum absolute atomic E-state index is 12.7. The lowest BCUT2D eigenvalue weighted by atomic mass is 10.1. The number of halogens is 6. The highest BCUT2D eigenvalue weighted by molar-refractivity contribution is 6.04. The van der Waals surface area contributed by atoms with Gasteiger partial charge in [-0.15, -0.1) is 0 Å². The lowest BCUT2D eigenvalue weighted by molar-refractivity contribution is -0.138. The minimum Gasteiger partial charge on any atom is -0.443 e. The summed E-state index contributed by atoms with van der Waals surface area (Å²) in [5.41, 5.74) is 2.46. The fourth-order valence-corrected chi connectivity index (χ4v) is 5.32. The molecule has 0 radical (unpaired) electrons. The molecule has 0 aliphatic heterocycles. The zero-order valence-corrected chi connectivity index (χ0v) is 31.1. The number of benzene rings is 4. The van der Waals surface area contributed by atoms with Crippen LogP contribution in [0.4, 0.5) is 42.5 Å². The molecule has 0 bridgehead atoms. The van der Waals surface area contributed by atoms with Crippen LogP contribution >= 0.6 is 0 Å². The number of hydrogen-bond acceptors (Lipinski definition) is 4. The number of alkyl halides is 6. The Labute approximate surface area is 323 Å². The summed E-state index contributed by atoms with van der Waals surface area (Å²) < 4.78 is 82.5. The summed E-state index contributed by atoms with van der Waals surface area (Å²) in [5.74, 6) is 11.0. The van der Waals surface area contributed by atoms with E-state index in [9.17, 15) is 40.7 Å². The predicted octanol–water partition coefficient (Wildman–Crippen LogP) is 10.3. The first kappa shape index (κ1) is 41.2. The van der Waals surface area contributed by atoms with Crippen LogP contribution in [-0.4, -0.2) is 33.1 Å². The highest BCUT2D eigenvalue weighted by atomic mass is 19.4. The van der Waals surface area contributed by atoms with Crippen molar-refractivity contribution in [2.24, 2.45) is 0 Å². The van der Waals surface area contributed by atoms with E-state index in [1.807, 2.05) is 12.1 Å². The molecule has 14 heteroatoms. The van der Waals surface area contributed by atoms with Gasteiger partial charge in [-0.05, 0) is 106 Å². The molecule has 0 fully saturated rings. The Morgan fingerprint density at radius 2 is 1.05 bits per heavy atom. The number of amides is 2. The number of nitrogens with one attached hydrogen (secondary N) is 3. The highest BCUT2D eigenvalue weighted by Crippen LogP contribution is 2.31. The number of carbonyl (C=O) groups is 3. The topological polar surface area (TPSA) is 105 Å². The number of carbonyl (C=O) groups excluding carboxylic acids is 3. The first-order valence-electron chi connectivity index (χ1n) is 17.1. The molecule has 6 rings (SSSR count). The largest absolute Gasteiger partial charge is 0.443 e. The van der Waals surface area contributed by atoms with Crippen LogP contribution in [0.3, 0.4) is 0 Å². The van der Waals surface area contributed by atoms with Gasteiger partial charge >= 0.3 is 18.4 Å². The average molecular weight is 785 g/mol. The Morgan fingerprint density at radius 1 is 0.614 bits per heavy atom. The van der Waals surface area contributed by atoms with E-state index in [2.05, 4.69) is 39.3 Å². The standard InChI is InChI=1S/C24H21F3N2O3.C19H13F3N2O/c1-15(30)28-20-14-29(22(31)32-23(2,3)4)21-12-9-17(13-19(20)21)6-5-16-7-10-18(11-8-16)24(25,26)27;1-12(25)24-18-11-23-17-9-6-14(10-16(17)18)3-2-13-4-7-15(8-5-13)19(20,21)22/h7-14H,1-4H3,(H,28,30);4-11,23H,1H3,(H,24,25). The van der Waals surface area contributed by atoms with Gasteiger partial charge in [0.05, 0.1) is 28.0 Å². The van der Waals surface area contributed by atoms with Crippen LogP contribution in [0.2, 0.25) is 0 Å². The molecule has 0 aliphatic carbocycles. The summed E-state index contributed by atoms with van der Waals surface area (Å²) in [5, 5.41) is 6.80. The average Bonchev–Trinajstić information content (AvgIpc) is 3.68. The first-order valence-corrected chi connectivity index (χ1v) is 17.1. The van der Waals surface area contributed by atoms with Crippen molar-refractivity contribution in [3.63, 3.8) is 0 Å². The van der Waals surface area contributed by atoms with E-state index in [0.717, 1.165) is 35.2 Å². The SMILES string of the molecule is CC(=O)Nc1c[nH]c2ccc(C#Cc3ccc(C(F)(F)F)cc3)cc12.CC(=O)Nc1cn(C(=O)OC(C)(C)C)c2ccc(C#Cc3ccc(C(F)(F)F)cc3)cc12. The third-order valence-corrected chi connectivity index (χ3v) is 7.82. The zero-order valence-electron chi connectivity index (χ0n) is 31.1. The molecule has 2 aromatic heterocycles. The van der Waals surface area contributed by atoms with Gasteiger partial charge in [-0.3, -0.25) is 14.2 Å². The monoisotopic (exact) mass is 784 g/mol. The smallest absolute Gasteiger partial charge is 0.419 e. The zero-order chi connectivity index (χ0) is 41.7. The Balaban J connectivity index is 0.000000224. The van der Waals surface area contributed by atoms with Gasteiger partial charge < -0.3 is 20.4 Å². The summed E-state index contributed by atoms with van der Waals surface area (Å²) in [6.07, 6.45) is -6.18. The van der Waals surface area contributed by atoms with Gasteiger partial charge in [0.2, 0.25) is 11.8 Å². The minimum absolute atomic E-state index is 0.179. The molecular formula is C43H34F6N4O4. The van der Waals surface area contributed by atoms with Gasteiger partial charge in [-0.1, -0.05) is 23.7 Å². The van der Waals surface area contributed by atoms with Crippen molar-refractivity contribution in [1.82, 2.24) is 9.55 Å². The third-order valence-electron chi connectivity index (χ3n) is 7.82. The van der Waals surface area contributed by atoms with Crippen LogP contribution < -0.4 is 10.6 Å². The number of aromatic nitrogens is 2. The second-order valence-corrected chi connectivity index (χ2v) is 13.6. The lowest BCUT2D eigenvalue weighted by Crippen LogP contribution is -2.26. The third kappa shape index (κ3) is 11.1. The second-order valence-electron chi connectivity index (χ2n) is 13.6. The van der Waals surface area contributed by atoms with Crippen molar-refractivity contribution in [2.75, 3.05) is 10.6 Å². The van der Waals surface area contributed by atoms with Crippen molar-refractivity contribution in [3.05, 3.63) is 131 Å². The van der Waals surface area contributed by atoms with E-state index in [-0.39, 0.29) is 11.8 Å². The molecule has 0 aliphatic rings. The molecule has 8 nitrogen and oxygen atoms in total. The molecule has 292 valence electrons. The maximum Gasteiger partial charge on any atom is 0.419 e. The Hall–Kier alpha value is -6.93. The molecule has 57 heavy (non-hydrogen) atoms. The normalized spacial score (nSPS) is 11.4. The summed E-state index contributed by atoms with van der Waals surface area (Å²) in [4.78, 5) is 38.5. The van der Waals surface area contributed by atoms with Gasteiger partial charge in [0.15, 0.2) is 0 Å². The van der Waals surface area contributed by atoms with Crippen LogP contribution in [0.25, 0.3) is 21.8 Å². The minimum atomic E-state index is -4.40. The van der Waals surface area contributed by atoms with Crippen molar-refractivity contribution in [1.29, 1.82) is 0 Å². The van der Waals surface area contributed by atoms with E-state index in [1.165, 1.54) is 48.9 Å². The number of anilines is 2. The van der Waals surface area contributed by atoms with Crippen molar-refractivity contribution in [3.8, 4) is 23.7 Å². The van der Waals surface area contributed by atoms with E-state index < -0.39 is 35.2 Å².